The van der Waals surface area contributed by atoms with E-state index in [0.717, 1.165) is 11.4 Å². The quantitative estimate of drug-likeness (QED) is 0.689. The van der Waals surface area contributed by atoms with Crippen LogP contribution in [-0.4, -0.2) is 32.1 Å². The Morgan fingerprint density at radius 3 is 2.15 bits per heavy atom. The van der Waals surface area contributed by atoms with Gasteiger partial charge in [-0.1, -0.05) is 0 Å². The summed E-state index contributed by atoms with van der Waals surface area (Å²) in [7, 11) is 5.60. The number of nitrogens with zero attached hydrogens (tertiary/aromatic N) is 2. The molecule has 138 valence electrons. The van der Waals surface area contributed by atoms with Crippen LogP contribution in [0.1, 0.15) is 10.4 Å². The zero-order valence-corrected chi connectivity index (χ0v) is 15.6. The number of hydrogen-bond donors (Lipinski definition) is 2. The predicted molar refractivity (Wildman–Crippen MR) is 109 cm³/mol. The second kappa shape index (κ2) is 8.23. The first kappa shape index (κ1) is 18.3. The lowest BCUT2D eigenvalue weighted by molar-refractivity contribution is 0.102. The smallest absolute Gasteiger partial charge is 0.255 e. The van der Waals surface area contributed by atoms with E-state index in [-0.39, 0.29) is 5.91 Å². The number of carbonyl (C=O) groups excluding carboxylic acids is 1. The van der Waals surface area contributed by atoms with Crippen LogP contribution in [0.4, 0.5) is 22.9 Å². The summed E-state index contributed by atoms with van der Waals surface area (Å²) in [5.74, 6) is 1.22. The highest BCUT2D eigenvalue weighted by molar-refractivity contribution is 6.04. The lowest BCUT2D eigenvalue weighted by Crippen LogP contribution is -2.12. The number of benzene rings is 2. The minimum absolute atomic E-state index is 0.195. The Morgan fingerprint density at radius 2 is 1.59 bits per heavy atom. The molecule has 0 radical (unpaired) electrons. The van der Waals surface area contributed by atoms with Gasteiger partial charge in [-0.3, -0.25) is 4.79 Å². The first-order valence-electron chi connectivity index (χ1n) is 8.51. The van der Waals surface area contributed by atoms with Crippen LogP contribution in [0.5, 0.6) is 5.75 Å². The summed E-state index contributed by atoms with van der Waals surface area (Å²) in [5.41, 5.74) is 3.26. The second-order valence-electron chi connectivity index (χ2n) is 6.18. The Hall–Kier alpha value is -3.54. The number of anilines is 4. The lowest BCUT2D eigenvalue weighted by atomic mass is 10.2. The van der Waals surface area contributed by atoms with Crippen LogP contribution in [0.2, 0.25) is 0 Å². The van der Waals surface area contributed by atoms with Gasteiger partial charge in [-0.15, -0.1) is 0 Å². The molecule has 0 spiro atoms. The van der Waals surface area contributed by atoms with Gasteiger partial charge < -0.3 is 20.3 Å². The molecule has 0 fully saturated rings. The van der Waals surface area contributed by atoms with E-state index in [1.165, 1.54) is 0 Å². The molecule has 0 aliphatic carbocycles. The van der Waals surface area contributed by atoms with Crippen LogP contribution in [0, 0.1) is 0 Å². The van der Waals surface area contributed by atoms with Crippen LogP contribution >= 0.6 is 0 Å². The van der Waals surface area contributed by atoms with E-state index < -0.39 is 0 Å². The van der Waals surface area contributed by atoms with Crippen molar-refractivity contribution in [2.45, 2.75) is 0 Å². The fraction of sp³-hybridized carbons (Fsp3) is 0.143. The number of methoxy groups -OCH3 is 1. The lowest BCUT2D eigenvalue weighted by Gasteiger charge is -2.13. The minimum Gasteiger partial charge on any atom is -0.497 e. The molecule has 0 aliphatic rings. The number of pyridine rings is 1. The van der Waals surface area contributed by atoms with Crippen molar-refractivity contribution in [2.75, 3.05) is 36.7 Å². The van der Waals surface area contributed by atoms with E-state index in [0.29, 0.717) is 22.8 Å². The summed E-state index contributed by atoms with van der Waals surface area (Å²) in [6.07, 6.45) is 1.62. The molecule has 1 aromatic heterocycles. The summed E-state index contributed by atoms with van der Waals surface area (Å²) in [6.45, 7) is 0. The molecule has 0 saturated heterocycles. The van der Waals surface area contributed by atoms with Crippen LogP contribution in [0.15, 0.2) is 66.9 Å². The minimum atomic E-state index is -0.195. The maximum Gasteiger partial charge on any atom is 0.255 e. The molecule has 6 heteroatoms. The zero-order valence-electron chi connectivity index (χ0n) is 15.6. The van der Waals surface area contributed by atoms with Gasteiger partial charge in [0, 0.05) is 31.0 Å². The average Bonchev–Trinajstić information content (AvgIpc) is 2.70. The monoisotopic (exact) mass is 362 g/mol. The highest BCUT2D eigenvalue weighted by Gasteiger charge is 2.07. The fourth-order valence-electron chi connectivity index (χ4n) is 2.48. The molecule has 0 saturated carbocycles. The summed E-state index contributed by atoms with van der Waals surface area (Å²) in [6, 6.07) is 18.6. The van der Waals surface area contributed by atoms with Crippen molar-refractivity contribution in [2.24, 2.45) is 0 Å². The number of rotatable bonds is 6. The summed E-state index contributed by atoms with van der Waals surface area (Å²) in [4.78, 5) is 18.7. The third kappa shape index (κ3) is 4.76. The third-order valence-electron chi connectivity index (χ3n) is 4.03. The van der Waals surface area contributed by atoms with Crippen molar-refractivity contribution >= 4 is 28.8 Å². The van der Waals surface area contributed by atoms with Gasteiger partial charge in [0.05, 0.1) is 19.0 Å². The van der Waals surface area contributed by atoms with E-state index in [1.807, 2.05) is 55.4 Å². The molecular weight excluding hydrogens is 340 g/mol. The van der Waals surface area contributed by atoms with E-state index >= 15 is 0 Å². The number of amides is 1. The molecule has 0 atom stereocenters. The Balaban J connectivity index is 1.61. The standard InChI is InChI=1S/C21H22N4O2/c1-25(2)18-9-6-16(7-10-18)23-20-13-8-17(14-22-20)24-21(26)15-4-11-19(27-3)12-5-15/h4-14H,1-3H3,(H,22,23)(H,24,26). The molecule has 27 heavy (non-hydrogen) atoms. The van der Waals surface area contributed by atoms with Crippen molar-refractivity contribution in [3.63, 3.8) is 0 Å². The van der Waals surface area contributed by atoms with Crippen molar-refractivity contribution in [3.05, 3.63) is 72.4 Å². The maximum absolute atomic E-state index is 12.3. The highest BCUT2D eigenvalue weighted by atomic mass is 16.5. The van der Waals surface area contributed by atoms with E-state index in [9.17, 15) is 4.79 Å². The van der Waals surface area contributed by atoms with E-state index in [2.05, 4.69) is 15.6 Å². The maximum atomic E-state index is 12.3. The van der Waals surface area contributed by atoms with Gasteiger partial charge >= 0.3 is 0 Å². The molecule has 2 N–H and O–H groups in total. The second-order valence-corrected chi connectivity index (χ2v) is 6.18. The SMILES string of the molecule is COc1ccc(C(=O)Nc2ccc(Nc3ccc(N(C)C)cc3)nc2)cc1. The van der Waals surface area contributed by atoms with E-state index in [1.54, 1.807) is 37.6 Å². The van der Waals surface area contributed by atoms with Crippen molar-refractivity contribution in [1.82, 2.24) is 4.98 Å². The van der Waals surface area contributed by atoms with Gasteiger partial charge in [0.15, 0.2) is 0 Å². The van der Waals surface area contributed by atoms with Crippen LogP contribution in [0.3, 0.4) is 0 Å². The Labute approximate surface area is 158 Å². The molecule has 2 aromatic carbocycles. The number of aromatic nitrogens is 1. The zero-order chi connectivity index (χ0) is 19.2. The first-order chi connectivity index (χ1) is 13.0. The Bertz CT molecular complexity index is 889. The first-order valence-corrected chi connectivity index (χ1v) is 8.51. The average molecular weight is 362 g/mol. The predicted octanol–water partition coefficient (Wildman–Crippen LogP) is 4.15. The van der Waals surface area contributed by atoms with Crippen LogP contribution in [0.25, 0.3) is 0 Å². The Morgan fingerprint density at radius 1 is 0.926 bits per heavy atom. The Kier molecular flexibility index (Phi) is 5.56. The van der Waals surface area contributed by atoms with Crippen LogP contribution < -0.4 is 20.3 Å². The topological polar surface area (TPSA) is 66.5 Å². The van der Waals surface area contributed by atoms with Gasteiger partial charge in [-0.25, -0.2) is 4.98 Å². The van der Waals surface area contributed by atoms with Crippen molar-refractivity contribution in [1.29, 1.82) is 0 Å². The van der Waals surface area contributed by atoms with Gasteiger partial charge in [0.2, 0.25) is 0 Å². The summed E-state index contributed by atoms with van der Waals surface area (Å²) < 4.78 is 5.10. The van der Waals surface area contributed by atoms with E-state index in [4.69, 9.17) is 4.74 Å². The normalized spacial score (nSPS) is 10.2. The van der Waals surface area contributed by atoms with Crippen molar-refractivity contribution in [3.8, 4) is 5.75 Å². The molecule has 1 amide bonds. The van der Waals surface area contributed by atoms with Crippen molar-refractivity contribution < 1.29 is 9.53 Å². The highest BCUT2D eigenvalue weighted by Crippen LogP contribution is 2.20. The molecule has 6 nitrogen and oxygen atoms in total. The molecule has 3 aromatic rings. The van der Waals surface area contributed by atoms with Gasteiger partial charge in [0.1, 0.15) is 11.6 Å². The van der Waals surface area contributed by atoms with Gasteiger partial charge in [-0.05, 0) is 60.7 Å². The largest absolute Gasteiger partial charge is 0.497 e. The molecule has 3 rings (SSSR count). The summed E-state index contributed by atoms with van der Waals surface area (Å²) >= 11 is 0. The molecule has 0 bridgehead atoms. The van der Waals surface area contributed by atoms with Crippen LogP contribution in [-0.2, 0) is 0 Å². The molecule has 1 heterocycles. The molecule has 0 unspecified atom stereocenters. The number of carbonyl (C=O) groups is 1. The number of nitrogens with one attached hydrogen (secondary N) is 2. The number of ether oxygens (including phenoxy) is 1. The molecular formula is C21H22N4O2. The fourth-order valence-corrected chi connectivity index (χ4v) is 2.48. The summed E-state index contributed by atoms with van der Waals surface area (Å²) in [5, 5.41) is 6.07. The molecule has 0 aliphatic heterocycles. The van der Waals surface area contributed by atoms with Gasteiger partial charge in [-0.2, -0.15) is 0 Å². The number of hydrogen-bond acceptors (Lipinski definition) is 5. The third-order valence-corrected chi connectivity index (χ3v) is 4.03. The van der Waals surface area contributed by atoms with Gasteiger partial charge in [0.25, 0.3) is 5.91 Å².